The molecule has 0 aliphatic heterocycles. The molecule has 0 bridgehead atoms. The van der Waals surface area contributed by atoms with Gasteiger partial charge in [-0.3, -0.25) is 4.79 Å². The third-order valence-corrected chi connectivity index (χ3v) is 4.88. The van der Waals surface area contributed by atoms with E-state index in [1.165, 1.54) is 6.07 Å². The van der Waals surface area contributed by atoms with E-state index in [0.717, 1.165) is 12.8 Å². The van der Waals surface area contributed by atoms with Gasteiger partial charge in [-0.25, -0.2) is 4.79 Å². The topological polar surface area (TPSA) is 102 Å². The number of aromatic nitrogens is 1. The number of hydrogen-bond donors (Lipinski definition) is 2. The number of rotatable bonds is 6. The molecule has 7 nitrogen and oxygen atoms in total. The SMILES string of the molecule is O=C(NC1(C(=O)O)CCCC1)c1cc(COc2c(Cl)cccc2Cl)on1. The van der Waals surface area contributed by atoms with E-state index in [9.17, 15) is 14.7 Å². The van der Waals surface area contributed by atoms with Crippen LogP contribution in [0.3, 0.4) is 0 Å². The minimum Gasteiger partial charge on any atom is -0.482 e. The first-order valence-corrected chi connectivity index (χ1v) is 8.75. The Kier molecular flexibility index (Phi) is 5.38. The van der Waals surface area contributed by atoms with Crippen LogP contribution in [-0.2, 0) is 11.4 Å². The second-order valence-corrected chi connectivity index (χ2v) is 6.88. The zero-order valence-electron chi connectivity index (χ0n) is 13.6. The van der Waals surface area contributed by atoms with Crippen molar-refractivity contribution >= 4 is 35.1 Å². The fraction of sp³-hybridized carbons (Fsp3) is 0.353. The molecule has 1 aliphatic rings. The monoisotopic (exact) mass is 398 g/mol. The zero-order valence-corrected chi connectivity index (χ0v) is 15.1. The van der Waals surface area contributed by atoms with Crippen molar-refractivity contribution in [3.63, 3.8) is 0 Å². The second kappa shape index (κ2) is 7.55. The molecule has 1 amide bonds. The highest BCUT2D eigenvalue weighted by Gasteiger charge is 2.43. The molecule has 2 aromatic rings. The van der Waals surface area contributed by atoms with Gasteiger partial charge in [-0.15, -0.1) is 0 Å². The molecule has 1 aliphatic carbocycles. The van der Waals surface area contributed by atoms with Gasteiger partial charge < -0.3 is 19.7 Å². The molecule has 0 atom stereocenters. The standard InChI is InChI=1S/C17H16Cl2N2O5/c18-11-4-3-5-12(19)14(11)25-9-10-8-13(21-26-10)15(22)20-17(16(23)24)6-1-2-7-17/h3-5,8H,1-2,6-7,9H2,(H,20,22)(H,23,24). The Balaban J connectivity index is 1.66. The molecule has 1 aromatic carbocycles. The van der Waals surface area contributed by atoms with Crippen molar-refractivity contribution in [3.8, 4) is 5.75 Å². The molecule has 1 saturated carbocycles. The van der Waals surface area contributed by atoms with Crippen LogP contribution in [0.5, 0.6) is 5.75 Å². The first-order valence-electron chi connectivity index (χ1n) is 7.99. The van der Waals surface area contributed by atoms with E-state index < -0.39 is 17.4 Å². The molecule has 26 heavy (non-hydrogen) atoms. The van der Waals surface area contributed by atoms with Gasteiger partial charge in [0.25, 0.3) is 5.91 Å². The van der Waals surface area contributed by atoms with Crippen LogP contribution in [0.15, 0.2) is 28.8 Å². The van der Waals surface area contributed by atoms with Crippen LogP contribution < -0.4 is 10.1 Å². The molecule has 1 aromatic heterocycles. The van der Waals surface area contributed by atoms with Gasteiger partial charge in [0.05, 0.1) is 10.0 Å². The Morgan fingerprint density at radius 3 is 2.54 bits per heavy atom. The number of aliphatic carboxylic acids is 1. The third-order valence-electron chi connectivity index (χ3n) is 4.29. The van der Waals surface area contributed by atoms with Gasteiger partial charge in [0.1, 0.15) is 12.1 Å². The van der Waals surface area contributed by atoms with E-state index in [0.29, 0.717) is 28.6 Å². The predicted molar refractivity (Wildman–Crippen MR) is 93.6 cm³/mol. The Bertz CT molecular complexity index is 810. The van der Waals surface area contributed by atoms with Crippen LogP contribution in [0.25, 0.3) is 0 Å². The van der Waals surface area contributed by atoms with E-state index >= 15 is 0 Å². The quantitative estimate of drug-likeness (QED) is 0.768. The summed E-state index contributed by atoms with van der Waals surface area (Å²) in [5.41, 5.74) is -1.25. The Morgan fingerprint density at radius 2 is 1.92 bits per heavy atom. The van der Waals surface area contributed by atoms with Crippen LogP contribution in [0, 0.1) is 0 Å². The number of hydrogen-bond acceptors (Lipinski definition) is 5. The summed E-state index contributed by atoms with van der Waals surface area (Å²) in [6.45, 7) is -0.0339. The van der Waals surface area contributed by atoms with Gasteiger partial charge in [-0.05, 0) is 25.0 Å². The summed E-state index contributed by atoms with van der Waals surface area (Å²) in [7, 11) is 0. The molecular formula is C17H16Cl2N2O5. The van der Waals surface area contributed by atoms with Gasteiger partial charge >= 0.3 is 5.97 Å². The smallest absolute Gasteiger partial charge is 0.329 e. The lowest BCUT2D eigenvalue weighted by Gasteiger charge is -2.24. The highest BCUT2D eigenvalue weighted by molar-refractivity contribution is 6.37. The van der Waals surface area contributed by atoms with Crippen molar-refractivity contribution in [2.24, 2.45) is 0 Å². The van der Waals surface area contributed by atoms with Crippen LogP contribution in [0.1, 0.15) is 41.9 Å². The average Bonchev–Trinajstić information content (AvgIpc) is 3.24. The van der Waals surface area contributed by atoms with Crippen molar-refractivity contribution in [2.75, 3.05) is 0 Å². The number of carbonyl (C=O) groups is 2. The largest absolute Gasteiger partial charge is 0.482 e. The molecule has 138 valence electrons. The number of carbonyl (C=O) groups excluding carboxylic acids is 1. The number of para-hydroxylation sites is 1. The van der Waals surface area contributed by atoms with Crippen LogP contribution in [-0.4, -0.2) is 27.7 Å². The van der Waals surface area contributed by atoms with Crippen LogP contribution in [0.2, 0.25) is 10.0 Å². The summed E-state index contributed by atoms with van der Waals surface area (Å²) in [6.07, 6.45) is 2.30. The summed E-state index contributed by atoms with van der Waals surface area (Å²) < 4.78 is 10.6. The molecule has 3 rings (SSSR count). The molecule has 2 N–H and O–H groups in total. The van der Waals surface area contributed by atoms with Gasteiger partial charge in [0.15, 0.2) is 17.2 Å². The summed E-state index contributed by atoms with van der Waals surface area (Å²) >= 11 is 12.0. The lowest BCUT2D eigenvalue weighted by atomic mass is 9.97. The van der Waals surface area contributed by atoms with Crippen LogP contribution >= 0.6 is 23.2 Å². The minimum absolute atomic E-state index is 0.0126. The zero-order chi connectivity index (χ0) is 18.7. The molecule has 0 radical (unpaired) electrons. The van der Waals surface area contributed by atoms with Gasteiger partial charge in [0.2, 0.25) is 0 Å². The minimum atomic E-state index is -1.24. The first-order chi connectivity index (χ1) is 12.4. The van der Waals surface area contributed by atoms with Crippen LogP contribution in [0.4, 0.5) is 0 Å². The number of amides is 1. The predicted octanol–water partition coefficient (Wildman–Crippen LogP) is 3.69. The Labute approximate surface area is 159 Å². The second-order valence-electron chi connectivity index (χ2n) is 6.07. The average molecular weight is 399 g/mol. The fourth-order valence-electron chi connectivity index (χ4n) is 2.90. The van der Waals surface area contributed by atoms with E-state index in [2.05, 4.69) is 10.5 Å². The fourth-order valence-corrected chi connectivity index (χ4v) is 3.41. The number of benzene rings is 1. The summed E-state index contributed by atoms with van der Waals surface area (Å²) in [4.78, 5) is 23.8. The van der Waals surface area contributed by atoms with E-state index in [1.54, 1.807) is 18.2 Å². The maximum absolute atomic E-state index is 12.3. The number of carboxylic acids is 1. The van der Waals surface area contributed by atoms with Gasteiger partial charge in [-0.1, -0.05) is 47.3 Å². The number of nitrogens with zero attached hydrogens (tertiary/aromatic N) is 1. The number of nitrogens with one attached hydrogen (secondary N) is 1. The molecule has 0 saturated heterocycles. The van der Waals surface area contributed by atoms with E-state index in [-0.39, 0.29) is 18.1 Å². The number of carboxylic acid groups (broad SMARTS) is 1. The lowest BCUT2D eigenvalue weighted by Crippen LogP contribution is -2.52. The van der Waals surface area contributed by atoms with Gasteiger partial charge in [-0.2, -0.15) is 0 Å². The lowest BCUT2D eigenvalue weighted by molar-refractivity contribution is -0.144. The number of halogens is 2. The van der Waals surface area contributed by atoms with Crippen molar-refractivity contribution in [1.82, 2.24) is 10.5 Å². The van der Waals surface area contributed by atoms with Crippen molar-refractivity contribution in [3.05, 3.63) is 45.8 Å². The maximum atomic E-state index is 12.3. The molecule has 0 unspecified atom stereocenters. The molecule has 0 spiro atoms. The Hall–Kier alpha value is -2.25. The normalized spacial score (nSPS) is 15.6. The molecular weight excluding hydrogens is 383 g/mol. The molecule has 9 heteroatoms. The Morgan fingerprint density at radius 1 is 1.27 bits per heavy atom. The maximum Gasteiger partial charge on any atom is 0.329 e. The summed E-state index contributed by atoms with van der Waals surface area (Å²) in [5.74, 6) is -1.06. The summed E-state index contributed by atoms with van der Waals surface area (Å²) in [6, 6.07) is 6.35. The molecule has 1 heterocycles. The van der Waals surface area contributed by atoms with Crippen molar-refractivity contribution in [2.45, 2.75) is 37.8 Å². The van der Waals surface area contributed by atoms with Crippen molar-refractivity contribution in [1.29, 1.82) is 0 Å². The first kappa shape index (κ1) is 18.5. The highest BCUT2D eigenvalue weighted by Crippen LogP contribution is 2.33. The number of ether oxygens (including phenoxy) is 1. The van der Waals surface area contributed by atoms with Crippen molar-refractivity contribution < 1.29 is 24.0 Å². The molecule has 1 fully saturated rings. The summed E-state index contributed by atoms with van der Waals surface area (Å²) in [5, 5.41) is 16.4. The van der Waals surface area contributed by atoms with E-state index in [4.69, 9.17) is 32.5 Å². The highest BCUT2D eigenvalue weighted by atomic mass is 35.5. The van der Waals surface area contributed by atoms with E-state index in [1.807, 2.05) is 0 Å². The third kappa shape index (κ3) is 3.78. The van der Waals surface area contributed by atoms with Gasteiger partial charge in [0, 0.05) is 6.07 Å².